The molecule has 23 heavy (non-hydrogen) atoms. The van der Waals surface area contributed by atoms with Crippen LogP contribution in [0.5, 0.6) is 0 Å². The molecule has 0 aliphatic carbocycles. The molecular weight excluding hydrogens is 296 g/mol. The predicted molar refractivity (Wildman–Crippen MR) is 87.0 cm³/mol. The van der Waals surface area contributed by atoms with Gasteiger partial charge in [-0.3, -0.25) is 9.59 Å². The largest absolute Gasteiger partial charge is 0.353 e. The zero-order valence-electron chi connectivity index (χ0n) is 13.4. The second-order valence-corrected chi connectivity index (χ2v) is 5.40. The van der Waals surface area contributed by atoms with Crippen LogP contribution < -0.4 is 16.0 Å². The first-order valence-corrected chi connectivity index (χ1v) is 7.70. The molecule has 1 aliphatic heterocycles. The fourth-order valence-corrected chi connectivity index (χ4v) is 2.50. The van der Waals surface area contributed by atoms with E-state index in [1.807, 2.05) is 32.0 Å². The standard InChI is InChI=1S/C16H22N4O3/c1-3-17-16(23)20-9-8-18-15(22)13(20)10-14(21)19-12-7-5-4-6-11(12)2/h4-7,13H,3,8-10H2,1-2H3,(H,17,23)(H,18,22)(H,19,21)/t13-/m0/s1. The molecule has 1 atom stereocenters. The van der Waals surface area contributed by atoms with Crippen LogP contribution in [0.25, 0.3) is 0 Å². The number of carbonyl (C=O) groups is 3. The van der Waals surface area contributed by atoms with Gasteiger partial charge in [0.25, 0.3) is 0 Å². The summed E-state index contributed by atoms with van der Waals surface area (Å²) in [5.74, 6) is -0.599. The lowest BCUT2D eigenvalue weighted by molar-refractivity contribution is -0.131. The van der Waals surface area contributed by atoms with Crippen LogP contribution in [0.3, 0.4) is 0 Å². The molecule has 1 aromatic carbocycles. The van der Waals surface area contributed by atoms with Crippen molar-refractivity contribution in [3.05, 3.63) is 29.8 Å². The van der Waals surface area contributed by atoms with E-state index in [4.69, 9.17) is 0 Å². The summed E-state index contributed by atoms with van der Waals surface area (Å²) in [5.41, 5.74) is 1.65. The number of aryl methyl sites for hydroxylation is 1. The van der Waals surface area contributed by atoms with E-state index in [1.54, 1.807) is 6.07 Å². The Bertz CT molecular complexity index is 603. The number of nitrogens with one attached hydrogen (secondary N) is 3. The first-order valence-electron chi connectivity index (χ1n) is 7.70. The third-order valence-electron chi connectivity index (χ3n) is 3.72. The van der Waals surface area contributed by atoms with Crippen molar-refractivity contribution in [1.82, 2.24) is 15.5 Å². The van der Waals surface area contributed by atoms with Crippen LogP contribution in [0.4, 0.5) is 10.5 Å². The Kier molecular flexibility index (Phi) is 5.56. The summed E-state index contributed by atoms with van der Waals surface area (Å²) in [6.45, 7) is 4.95. The van der Waals surface area contributed by atoms with Crippen molar-refractivity contribution < 1.29 is 14.4 Å². The first kappa shape index (κ1) is 16.8. The van der Waals surface area contributed by atoms with Crippen LogP contribution in [0.15, 0.2) is 24.3 Å². The topological polar surface area (TPSA) is 90.5 Å². The lowest BCUT2D eigenvalue weighted by atomic mass is 10.1. The zero-order valence-corrected chi connectivity index (χ0v) is 13.4. The molecule has 1 saturated heterocycles. The molecule has 7 nitrogen and oxygen atoms in total. The predicted octanol–water partition coefficient (Wildman–Crippen LogP) is 0.854. The summed E-state index contributed by atoms with van der Waals surface area (Å²) in [6, 6.07) is 6.29. The van der Waals surface area contributed by atoms with Gasteiger partial charge in [0.2, 0.25) is 11.8 Å². The molecule has 0 unspecified atom stereocenters. The quantitative estimate of drug-likeness (QED) is 0.769. The molecule has 2 rings (SSSR count). The van der Waals surface area contributed by atoms with E-state index in [0.29, 0.717) is 25.3 Å². The van der Waals surface area contributed by atoms with Gasteiger partial charge in [-0.1, -0.05) is 18.2 Å². The van der Waals surface area contributed by atoms with Crippen LogP contribution in [0, 0.1) is 6.92 Å². The smallest absolute Gasteiger partial charge is 0.318 e. The number of carbonyl (C=O) groups excluding carboxylic acids is 3. The SMILES string of the molecule is CCNC(=O)N1CCNC(=O)[C@@H]1CC(=O)Nc1ccccc1C. The summed E-state index contributed by atoms with van der Waals surface area (Å²) < 4.78 is 0. The maximum Gasteiger partial charge on any atom is 0.318 e. The van der Waals surface area contributed by atoms with Crippen LogP contribution in [-0.4, -0.2) is 48.4 Å². The first-order chi connectivity index (χ1) is 11.0. The van der Waals surface area contributed by atoms with Gasteiger partial charge in [0.15, 0.2) is 0 Å². The fourth-order valence-electron chi connectivity index (χ4n) is 2.50. The number of benzene rings is 1. The minimum absolute atomic E-state index is 0.0721. The normalized spacial score (nSPS) is 17.4. The number of rotatable bonds is 4. The van der Waals surface area contributed by atoms with Gasteiger partial charge in [-0.25, -0.2) is 4.79 Å². The highest BCUT2D eigenvalue weighted by Gasteiger charge is 2.34. The van der Waals surface area contributed by atoms with Crippen LogP contribution in [0.2, 0.25) is 0 Å². The highest BCUT2D eigenvalue weighted by atomic mass is 16.2. The average Bonchev–Trinajstić information content (AvgIpc) is 2.52. The number of urea groups is 1. The van der Waals surface area contributed by atoms with Crippen molar-refractivity contribution in [3.63, 3.8) is 0 Å². The number of amides is 4. The molecule has 0 radical (unpaired) electrons. The van der Waals surface area contributed by atoms with E-state index in [9.17, 15) is 14.4 Å². The molecule has 124 valence electrons. The fraction of sp³-hybridized carbons (Fsp3) is 0.438. The van der Waals surface area contributed by atoms with Crippen LogP contribution >= 0.6 is 0 Å². The Labute approximate surface area is 135 Å². The summed E-state index contributed by atoms with van der Waals surface area (Å²) >= 11 is 0. The number of anilines is 1. The molecule has 1 heterocycles. The van der Waals surface area contributed by atoms with Gasteiger partial charge in [-0.15, -0.1) is 0 Å². The molecule has 0 spiro atoms. The molecule has 1 fully saturated rings. The minimum Gasteiger partial charge on any atom is -0.353 e. The summed E-state index contributed by atoms with van der Waals surface area (Å²) in [6.07, 6.45) is -0.0721. The number of hydrogen-bond donors (Lipinski definition) is 3. The molecule has 4 amide bonds. The Balaban J connectivity index is 2.05. The number of nitrogens with zero attached hydrogens (tertiary/aromatic N) is 1. The third kappa shape index (κ3) is 4.21. The van der Waals surface area contributed by atoms with E-state index in [1.165, 1.54) is 4.90 Å². The molecule has 1 aromatic rings. The van der Waals surface area contributed by atoms with Crippen molar-refractivity contribution in [2.24, 2.45) is 0 Å². The third-order valence-corrected chi connectivity index (χ3v) is 3.72. The van der Waals surface area contributed by atoms with Crippen molar-refractivity contribution in [3.8, 4) is 0 Å². The van der Waals surface area contributed by atoms with Gasteiger partial charge in [0.1, 0.15) is 6.04 Å². The monoisotopic (exact) mass is 318 g/mol. The lowest BCUT2D eigenvalue weighted by Gasteiger charge is -2.34. The second kappa shape index (κ2) is 7.62. The highest BCUT2D eigenvalue weighted by Crippen LogP contribution is 2.15. The van der Waals surface area contributed by atoms with E-state index in [2.05, 4.69) is 16.0 Å². The van der Waals surface area contributed by atoms with Gasteiger partial charge in [-0.2, -0.15) is 0 Å². The number of hydrogen-bond acceptors (Lipinski definition) is 3. The Morgan fingerprint density at radius 3 is 2.78 bits per heavy atom. The number of piperazine rings is 1. The second-order valence-electron chi connectivity index (χ2n) is 5.40. The van der Waals surface area contributed by atoms with Crippen LogP contribution in [-0.2, 0) is 9.59 Å². The van der Waals surface area contributed by atoms with E-state index in [-0.39, 0.29) is 24.3 Å². The molecule has 1 aliphatic rings. The zero-order chi connectivity index (χ0) is 16.8. The molecule has 0 saturated carbocycles. The van der Waals surface area contributed by atoms with Crippen molar-refractivity contribution in [2.75, 3.05) is 25.0 Å². The van der Waals surface area contributed by atoms with E-state index in [0.717, 1.165) is 5.56 Å². The van der Waals surface area contributed by atoms with E-state index >= 15 is 0 Å². The van der Waals surface area contributed by atoms with Gasteiger partial charge in [0.05, 0.1) is 6.42 Å². The Hall–Kier alpha value is -2.57. The highest BCUT2D eigenvalue weighted by molar-refractivity contribution is 5.97. The Morgan fingerprint density at radius 1 is 1.35 bits per heavy atom. The van der Waals surface area contributed by atoms with Crippen LogP contribution in [0.1, 0.15) is 18.9 Å². The average molecular weight is 318 g/mol. The Morgan fingerprint density at radius 2 is 2.09 bits per heavy atom. The molecule has 7 heteroatoms. The van der Waals surface area contributed by atoms with Gasteiger partial charge in [-0.05, 0) is 25.5 Å². The van der Waals surface area contributed by atoms with Crippen molar-refractivity contribution in [1.29, 1.82) is 0 Å². The van der Waals surface area contributed by atoms with Gasteiger partial charge in [0, 0.05) is 25.3 Å². The molecular formula is C16H22N4O3. The minimum atomic E-state index is -0.792. The lowest BCUT2D eigenvalue weighted by Crippen LogP contribution is -2.60. The van der Waals surface area contributed by atoms with Crippen molar-refractivity contribution >= 4 is 23.5 Å². The molecule has 0 bridgehead atoms. The molecule has 0 aromatic heterocycles. The number of para-hydroxylation sites is 1. The maximum atomic E-state index is 12.3. The summed E-state index contributed by atoms with van der Waals surface area (Å²) in [4.78, 5) is 37.8. The maximum absolute atomic E-state index is 12.3. The van der Waals surface area contributed by atoms with E-state index < -0.39 is 6.04 Å². The van der Waals surface area contributed by atoms with Gasteiger partial charge < -0.3 is 20.9 Å². The molecule has 3 N–H and O–H groups in total. The summed E-state index contributed by atoms with van der Waals surface area (Å²) in [5, 5.41) is 8.16. The summed E-state index contributed by atoms with van der Waals surface area (Å²) in [7, 11) is 0. The van der Waals surface area contributed by atoms with Crippen molar-refractivity contribution in [2.45, 2.75) is 26.3 Å². The van der Waals surface area contributed by atoms with Gasteiger partial charge >= 0.3 is 6.03 Å².